The summed E-state index contributed by atoms with van der Waals surface area (Å²) in [6.07, 6.45) is 1.84. The zero-order valence-electron chi connectivity index (χ0n) is 5.58. The third kappa shape index (κ3) is 2.80. The molecule has 1 aromatic carbocycles. The maximum atomic E-state index is 3.65. The van der Waals surface area contributed by atoms with Crippen molar-refractivity contribution in [3.05, 3.63) is 36.4 Å². The van der Waals surface area contributed by atoms with Crippen LogP contribution in [-0.2, 0) is 0 Å². The van der Waals surface area contributed by atoms with Crippen molar-refractivity contribution in [2.24, 2.45) is 0 Å². The summed E-state index contributed by atoms with van der Waals surface area (Å²) in [7, 11) is 2.64. The van der Waals surface area contributed by atoms with Crippen LogP contribution >= 0.6 is 33.2 Å². The van der Waals surface area contributed by atoms with Gasteiger partial charge in [0.25, 0.3) is 0 Å². The highest BCUT2D eigenvalue weighted by Gasteiger charge is 1.82. The van der Waals surface area contributed by atoms with E-state index in [9.17, 15) is 0 Å². The van der Waals surface area contributed by atoms with Crippen LogP contribution < -0.4 is 5.30 Å². The Labute approximate surface area is 80.9 Å². The lowest BCUT2D eigenvalue weighted by atomic mass is 10.2. The van der Waals surface area contributed by atoms with Crippen molar-refractivity contribution in [2.75, 3.05) is 0 Å². The lowest BCUT2D eigenvalue weighted by molar-refractivity contribution is 1.71. The number of halogens is 1. The maximum absolute atomic E-state index is 3.65. The molecule has 0 amide bonds. The fourth-order valence-corrected chi connectivity index (χ4v) is 0.825. The maximum Gasteiger partial charge on any atom is -0.0262 e. The van der Waals surface area contributed by atoms with Gasteiger partial charge in [-0.05, 0) is 10.9 Å². The van der Waals surface area contributed by atoms with E-state index < -0.39 is 0 Å². The van der Waals surface area contributed by atoms with Gasteiger partial charge in [-0.15, -0.1) is 33.2 Å². The predicted molar refractivity (Wildman–Crippen MR) is 61.3 cm³/mol. The SMILES string of the molecule is C=Cc1ccc(P)cc1.I. The van der Waals surface area contributed by atoms with E-state index >= 15 is 0 Å². The van der Waals surface area contributed by atoms with Gasteiger partial charge in [0.05, 0.1) is 0 Å². The molecule has 54 valence electrons. The van der Waals surface area contributed by atoms with Crippen LogP contribution in [0.5, 0.6) is 0 Å². The minimum Gasteiger partial charge on any atom is -0.107 e. The first-order valence-electron chi connectivity index (χ1n) is 2.81. The molecule has 0 spiro atoms. The molecular weight excluding hydrogens is 254 g/mol. The number of benzene rings is 1. The second kappa shape index (κ2) is 4.86. The molecule has 10 heavy (non-hydrogen) atoms. The minimum absolute atomic E-state index is 0. The summed E-state index contributed by atoms with van der Waals surface area (Å²) in [5.41, 5.74) is 1.17. The van der Waals surface area contributed by atoms with Crippen molar-refractivity contribution in [1.29, 1.82) is 0 Å². The average molecular weight is 264 g/mol. The average Bonchev–Trinajstić information content (AvgIpc) is 1.90. The van der Waals surface area contributed by atoms with E-state index in [4.69, 9.17) is 0 Å². The molecule has 1 atom stereocenters. The van der Waals surface area contributed by atoms with E-state index in [0.29, 0.717) is 0 Å². The van der Waals surface area contributed by atoms with Gasteiger partial charge in [0.2, 0.25) is 0 Å². The zero-order valence-corrected chi connectivity index (χ0v) is 9.06. The van der Waals surface area contributed by atoms with Crippen LogP contribution in [0.4, 0.5) is 0 Å². The van der Waals surface area contributed by atoms with Gasteiger partial charge < -0.3 is 0 Å². The van der Waals surface area contributed by atoms with E-state index in [-0.39, 0.29) is 24.0 Å². The third-order valence-corrected chi connectivity index (χ3v) is 1.56. The third-order valence-electron chi connectivity index (χ3n) is 1.17. The van der Waals surface area contributed by atoms with Gasteiger partial charge in [-0.2, -0.15) is 0 Å². The van der Waals surface area contributed by atoms with E-state index in [0.717, 1.165) is 0 Å². The Hall–Kier alpha value is 0.120. The Morgan fingerprint density at radius 3 is 2.10 bits per heavy atom. The molecule has 0 fully saturated rings. The molecule has 0 aromatic heterocycles. The molecule has 0 saturated carbocycles. The van der Waals surface area contributed by atoms with Crippen molar-refractivity contribution in [3.63, 3.8) is 0 Å². The second-order valence-electron chi connectivity index (χ2n) is 1.87. The second-order valence-corrected chi connectivity index (χ2v) is 2.54. The summed E-state index contributed by atoms with van der Waals surface area (Å²) in [5, 5.41) is 1.21. The molecule has 0 nitrogen and oxygen atoms in total. The Morgan fingerprint density at radius 2 is 1.70 bits per heavy atom. The minimum atomic E-state index is 0. The van der Waals surface area contributed by atoms with Crippen molar-refractivity contribution in [2.45, 2.75) is 0 Å². The lowest BCUT2D eigenvalue weighted by Crippen LogP contribution is -1.86. The largest absolute Gasteiger partial charge is 0.107 e. The summed E-state index contributed by atoms with van der Waals surface area (Å²) in [6.45, 7) is 3.65. The highest BCUT2D eigenvalue weighted by molar-refractivity contribution is 14.0. The first-order valence-corrected chi connectivity index (χ1v) is 3.38. The van der Waals surface area contributed by atoms with E-state index in [1.165, 1.54) is 10.9 Å². The van der Waals surface area contributed by atoms with Crippen molar-refractivity contribution in [1.82, 2.24) is 0 Å². The molecule has 1 rings (SSSR count). The first-order chi connectivity index (χ1) is 4.33. The van der Waals surface area contributed by atoms with Gasteiger partial charge in [-0.25, -0.2) is 0 Å². The summed E-state index contributed by atoms with van der Waals surface area (Å²) < 4.78 is 0. The van der Waals surface area contributed by atoms with Crippen LogP contribution in [0.15, 0.2) is 30.8 Å². The van der Waals surface area contributed by atoms with Crippen LogP contribution in [0.1, 0.15) is 5.56 Å². The smallest absolute Gasteiger partial charge is 0.0262 e. The Morgan fingerprint density at radius 1 is 1.20 bits per heavy atom. The molecule has 0 aliphatic rings. The van der Waals surface area contributed by atoms with Gasteiger partial charge >= 0.3 is 0 Å². The zero-order chi connectivity index (χ0) is 6.69. The van der Waals surface area contributed by atoms with Gasteiger partial charge in [-0.3, -0.25) is 0 Å². The quantitative estimate of drug-likeness (QED) is 0.540. The molecule has 0 aliphatic carbocycles. The predicted octanol–water partition coefficient (Wildman–Crippen LogP) is 2.45. The van der Waals surface area contributed by atoms with Crippen LogP contribution in [0, 0.1) is 0 Å². The van der Waals surface area contributed by atoms with Gasteiger partial charge in [0.1, 0.15) is 0 Å². The van der Waals surface area contributed by atoms with E-state index in [1.54, 1.807) is 0 Å². The molecule has 0 aliphatic heterocycles. The monoisotopic (exact) mass is 264 g/mol. The number of hydrogen-bond donors (Lipinski definition) is 0. The van der Waals surface area contributed by atoms with Crippen LogP contribution in [0.25, 0.3) is 6.08 Å². The fourth-order valence-electron chi connectivity index (χ4n) is 0.632. The molecule has 2 heteroatoms. The number of hydrogen-bond acceptors (Lipinski definition) is 0. The summed E-state index contributed by atoms with van der Waals surface area (Å²) in [6, 6.07) is 8.16. The normalized spacial score (nSPS) is 8.10. The molecule has 1 unspecified atom stereocenters. The molecule has 0 radical (unpaired) electrons. The molecule has 0 bridgehead atoms. The van der Waals surface area contributed by atoms with Crippen LogP contribution in [-0.4, -0.2) is 0 Å². The summed E-state index contributed by atoms with van der Waals surface area (Å²) in [4.78, 5) is 0. The Balaban J connectivity index is 0.000000810. The van der Waals surface area contributed by atoms with Gasteiger partial charge in [0, 0.05) is 0 Å². The lowest BCUT2D eigenvalue weighted by Gasteiger charge is -1.91. The van der Waals surface area contributed by atoms with Crippen molar-refractivity contribution >= 4 is 44.6 Å². The van der Waals surface area contributed by atoms with Crippen molar-refractivity contribution in [3.8, 4) is 0 Å². The molecular formula is C8H10IP. The van der Waals surface area contributed by atoms with E-state index in [1.807, 2.05) is 30.3 Å². The highest BCUT2D eigenvalue weighted by Crippen LogP contribution is 1.99. The Kier molecular flexibility index (Phi) is 4.92. The standard InChI is InChI=1S/C8H9P.HI/c1-2-7-3-5-8(9)6-4-7;/h2-6H,1,9H2;1H. The van der Waals surface area contributed by atoms with Crippen LogP contribution in [0.2, 0.25) is 0 Å². The number of rotatable bonds is 1. The molecule has 0 heterocycles. The Bertz CT molecular complexity index is 203. The fraction of sp³-hybridized carbons (Fsp3) is 0. The molecule has 1 aromatic rings. The molecule has 0 N–H and O–H groups in total. The topological polar surface area (TPSA) is 0 Å². The van der Waals surface area contributed by atoms with Gasteiger partial charge in [-0.1, -0.05) is 36.9 Å². The molecule has 0 saturated heterocycles. The van der Waals surface area contributed by atoms with Gasteiger partial charge in [0.15, 0.2) is 0 Å². The summed E-state index contributed by atoms with van der Waals surface area (Å²) >= 11 is 0. The highest BCUT2D eigenvalue weighted by atomic mass is 127. The van der Waals surface area contributed by atoms with Crippen LogP contribution in [0.3, 0.4) is 0 Å². The van der Waals surface area contributed by atoms with Crippen molar-refractivity contribution < 1.29 is 0 Å². The first kappa shape index (κ1) is 10.1. The van der Waals surface area contributed by atoms with E-state index in [2.05, 4.69) is 15.8 Å². The summed E-state index contributed by atoms with van der Waals surface area (Å²) in [5.74, 6) is 0.